The number of methoxy groups -OCH3 is 1. The molecular weight excluding hydrogens is 342 g/mol. The monoisotopic (exact) mass is 373 g/mol. The molecule has 1 heterocycles. The summed E-state index contributed by atoms with van der Waals surface area (Å²) in [4.78, 5) is 25.7. The average Bonchev–Trinajstić information content (AvgIpc) is 2.50. The van der Waals surface area contributed by atoms with Gasteiger partial charge in [0.2, 0.25) is 0 Å². The van der Waals surface area contributed by atoms with Gasteiger partial charge < -0.3 is 24.2 Å². The lowest BCUT2D eigenvalue weighted by atomic mass is 9.98. The summed E-state index contributed by atoms with van der Waals surface area (Å²) < 4.78 is 15.8. The van der Waals surface area contributed by atoms with Crippen LogP contribution in [0.3, 0.4) is 0 Å². The van der Waals surface area contributed by atoms with Gasteiger partial charge >= 0.3 is 12.1 Å². The van der Waals surface area contributed by atoms with E-state index in [1.54, 1.807) is 20.8 Å². The number of hydrogen-bond donors (Lipinski definition) is 1. The summed E-state index contributed by atoms with van der Waals surface area (Å²) >= 11 is 0. The first-order chi connectivity index (χ1) is 11.5. The summed E-state index contributed by atoms with van der Waals surface area (Å²) in [5.41, 5.74) is -0.564. The van der Waals surface area contributed by atoms with Crippen LogP contribution in [-0.4, -0.2) is 69.9 Å². The van der Waals surface area contributed by atoms with Crippen molar-refractivity contribution in [1.82, 2.24) is 4.90 Å². The predicted octanol–water partition coefficient (Wildman–Crippen LogP) is 2.34. The molecule has 0 aromatic rings. The normalized spacial score (nSPS) is 18.5. The highest BCUT2D eigenvalue weighted by Crippen LogP contribution is 2.25. The van der Waals surface area contributed by atoms with Crippen LogP contribution in [0, 0.1) is 5.92 Å². The van der Waals surface area contributed by atoms with Crippen LogP contribution >= 0.6 is 0 Å². The molecule has 8 heteroatoms. The predicted molar refractivity (Wildman–Crippen MR) is 97.5 cm³/mol. The molecule has 144 valence electrons. The molecule has 7 nitrogen and oxygen atoms in total. The number of carbonyl (C=O) groups excluding carboxylic acids is 2. The van der Waals surface area contributed by atoms with E-state index in [2.05, 4.69) is 13.1 Å². The van der Waals surface area contributed by atoms with Crippen LogP contribution in [0.1, 0.15) is 20.8 Å². The van der Waals surface area contributed by atoms with Crippen LogP contribution in [0.2, 0.25) is 19.1 Å². The van der Waals surface area contributed by atoms with Crippen molar-refractivity contribution in [3.05, 3.63) is 11.3 Å². The van der Waals surface area contributed by atoms with Crippen molar-refractivity contribution in [1.29, 1.82) is 0 Å². The summed E-state index contributed by atoms with van der Waals surface area (Å²) in [6, 6.07) is 1.04. The third-order valence-electron chi connectivity index (χ3n) is 3.73. The fraction of sp³-hybridized carbons (Fsp3) is 0.765. The number of amides is 1. The minimum Gasteiger partial charge on any atom is -0.511 e. The Labute approximate surface area is 151 Å². The van der Waals surface area contributed by atoms with Crippen molar-refractivity contribution >= 4 is 20.9 Å². The Morgan fingerprint density at radius 3 is 2.48 bits per heavy atom. The highest BCUT2D eigenvalue weighted by atomic mass is 28.3. The molecule has 1 rings (SSSR count). The summed E-state index contributed by atoms with van der Waals surface area (Å²) in [5, 5.41) is 10.4. The fourth-order valence-electron chi connectivity index (χ4n) is 2.37. The molecule has 1 aliphatic rings. The second-order valence-electron chi connectivity index (χ2n) is 7.67. The molecule has 0 aromatic heterocycles. The maximum absolute atomic E-state index is 12.4. The van der Waals surface area contributed by atoms with Gasteiger partial charge in [0.05, 0.1) is 31.8 Å². The van der Waals surface area contributed by atoms with Gasteiger partial charge in [-0.2, -0.15) is 0 Å². The summed E-state index contributed by atoms with van der Waals surface area (Å²) in [5.74, 6) is -1.18. The molecule has 0 aromatic carbocycles. The number of esters is 1. The molecule has 1 N–H and O–H groups in total. The Bertz CT molecular complexity index is 512. The van der Waals surface area contributed by atoms with E-state index in [0.717, 1.165) is 6.04 Å². The van der Waals surface area contributed by atoms with Gasteiger partial charge in [0, 0.05) is 21.9 Å². The van der Waals surface area contributed by atoms with Gasteiger partial charge in [-0.15, -0.1) is 0 Å². The molecule has 0 radical (unpaired) electrons. The van der Waals surface area contributed by atoms with Crippen molar-refractivity contribution in [3.63, 3.8) is 0 Å². The number of ether oxygens (including phenoxy) is 3. The highest BCUT2D eigenvalue weighted by Gasteiger charge is 2.35. The Morgan fingerprint density at radius 1 is 1.32 bits per heavy atom. The lowest BCUT2D eigenvalue weighted by Gasteiger charge is -2.34. The molecule has 25 heavy (non-hydrogen) atoms. The molecule has 1 aliphatic heterocycles. The Hall–Kier alpha value is -1.54. The quantitative estimate of drug-likeness (QED) is 0.437. The topological polar surface area (TPSA) is 85.3 Å². The van der Waals surface area contributed by atoms with E-state index in [1.807, 2.05) is 0 Å². The van der Waals surface area contributed by atoms with E-state index in [4.69, 9.17) is 14.2 Å². The van der Waals surface area contributed by atoms with Gasteiger partial charge in [-0.1, -0.05) is 13.1 Å². The second-order valence-corrected chi connectivity index (χ2v) is 11.0. The third-order valence-corrected chi connectivity index (χ3v) is 5.12. The van der Waals surface area contributed by atoms with E-state index >= 15 is 0 Å². The van der Waals surface area contributed by atoms with Gasteiger partial charge in [0.25, 0.3) is 0 Å². The Balaban J connectivity index is 2.85. The molecule has 0 bridgehead atoms. The van der Waals surface area contributed by atoms with Crippen molar-refractivity contribution in [3.8, 4) is 0 Å². The molecule has 1 atom stereocenters. The molecule has 0 saturated carbocycles. The number of aliphatic hydroxyl groups is 1. The van der Waals surface area contributed by atoms with Gasteiger partial charge in [-0.3, -0.25) is 0 Å². The molecule has 0 saturated heterocycles. The first-order valence-electron chi connectivity index (χ1n) is 8.61. The summed E-state index contributed by atoms with van der Waals surface area (Å²) in [7, 11) is 0.539. The van der Waals surface area contributed by atoms with Crippen LogP contribution in [0.5, 0.6) is 0 Å². The van der Waals surface area contributed by atoms with Crippen molar-refractivity contribution in [2.45, 2.75) is 45.5 Å². The first kappa shape index (κ1) is 21.5. The maximum atomic E-state index is 12.4. The van der Waals surface area contributed by atoms with Crippen LogP contribution < -0.4 is 0 Å². The molecule has 0 spiro atoms. The van der Waals surface area contributed by atoms with Gasteiger partial charge in [-0.05, 0) is 26.8 Å². The maximum Gasteiger partial charge on any atom is 0.410 e. The minimum atomic E-state index is -0.705. The van der Waals surface area contributed by atoms with E-state index in [9.17, 15) is 14.7 Å². The SMILES string of the molecule is COC(=O)C1=C(O)C(COCC[SiH](C)C)CN(C(=O)OC(C)(C)C)C1. The Kier molecular flexibility index (Phi) is 7.94. The van der Waals surface area contributed by atoms with Crippen LogP contribution in [0.25, 0.3) is 0 Å². The lowest BCUT2D eigenvalue weighted by Crippen LogP contribution is -2.46. The number of aliphatic hydroxyl groups excluding tert-OH is 1. The molecule has 0 fully saturated rings. The average molecular weight is 374 g/mol. The Morgan fingerprint density at radius 2 is 1.96 bits per heavy atom. The van der Waals surface area contributed by atoms with Crippen molar-refractivity contribution in [2.75, 3.05) is 33.4 Å². The van der Waals surface area contributed by atoms with Gasteiger partial charge in [-0.25, -0.2) is 9.59 Å². The van der Waals surface area contributed by atoms with Crippen molar-refractivity contribution < 1.29 is 28.9 Å². The molecule has 1 amide bonds. The zero-order valence-electron chi connectivity index (χ0n) is 16.1. The number of nitrogens with zero attached hydrogens (tertiary/aromatic N) is 1. The zero-order chi connectivity index (χ0) is 19.2. The number of rotatable bonds is 6. The largest absolute Gasteiger partial charge is 0.511 e. The third kappa shape index (κ3) is 7.07. The molecule has 0 aliphatic carbocycles. The van der Waals surface area contributed by atoms with Gasteiger partial charge in [0.1, 0.15) is 11.4 Å². The van der Waals surface area contributed by atoms with Crippen LogP contribution in [0.15, 0.2) is 11.3 Å². The highest BCUT2D eigenvalue weighted by molar-refractivity contribution is 6.55. The standard InChI is InChI=1S/C17H31NO6Si/c1-17(2,3)24-16(21)18-9-12(11-23-7-8-25(5)6)14(19)13(10-18)15(20)22-4/h12,19,25H,7-11H2,1-6H3. The number of carbonyl (C=O) groups is 2. The molecule has 1 unspecified atom stereocenters. The number of hydrogen-bond acceptors (Lipinski definition) is 6. The van der Waals surface area contributed by atoms with Crippen molar-refractivity contribution in [2.24, 2.45) is 5.92 Å². The van der Waals surface area contributed by atoms with E-state index < -0.39 is 32.4 Å². The smallest absolute Gasteiger partial charge is 0.410 e. The lowest BCUT2D eigenvalue weighted by molar-refractivity contribution is -0.137. The minimum absolute atomic E-state index is 0.0389. The second kappa shape index (κ2) is 9.24. The van der Waals surface area contributed by atoms with Gasteiger partial charge in [0.15, 0.2) is 0 Å². The van der Waals surface area contributed by atoms with Crippen LogP contribution in [0.4, 0.5) is 4.79 Å². The van der Waals surface area contributed by atoms with Crippen LogP contribution in [-0.2, 0) is 19.0 Å². The zero-order valence-corrected chi connectivity index (χ0v) is 17.3. The summed E-state index contributed by atoms with van der Waals surface area (Å²) in [6.07, 6.45) is -0.527. The summed E-state index contributed by atoms with van der Waals surface area (Å²) in [6.45, 7) is 10.9. The fourth-order valence-corrected chi connectivity index (χ4v) is 3.01. The van der Waals surface area contributed by atoms with E-state index in [1.165, 1.54) is 12.0 Å². The first-order valence-corrected chi connectivity index (χ1v) is 11.7. The van der Waals surface area contributed by atoms with E-state index in [-0.39, 0.29) is 31.0 Å². The molecular formula is C17H31NO6Si. The van der Waals surface area contributed by atoms with E-state index in [0.29, 0.717) is 6.61 Å².